The lowest BCUT2D eigenvalue weighted by atomic mass is 10.3. The summed E-state index contributed by atoms with van der Waals surface area (Å²) in [5.41, 5.74) is 3.45. The molecule has 0 amide bonds. The highest BCUT2D eigenvalue weighted by atomic mass is 32.2. The van der Waals surface area contributed by atoms with Gasteiger partial charge in [-0.2, -0.15) is 4.37 Å². The topological polar surface area (TPSA) is 89.6 Å². The number of rotatable bonds is 4. The smallest absolute Gasteiger partial charge is 0.176 e. The van der Waals surface area contributed by atoms with Gasteiger partial charge < -0.3 is 5.43 Å². The molecule has 2 heterocycles. The molecule has 0 radical (unpaired) electrons. The molecule has 0 aromatic carbocycles. The molecule has 17 heavy (non-hydrogen) atoms. The number of aromatic nitrogens is 4. The lowest BCUT2D eigenvalue weighted by molar-refractivity contribution is 0.964. The second-order valence-electron chi connectivity index (χ2n) is 3.23. The number of aryl methyl sites for hydroxylation is 1. The van der Waals surface area contributed by atoms with Crippen molar-refractivity contribution >= 4 is 29.1 Å². The van der Waals surface area contributed by atoms with Crippen LogP contribution in [0.5, 0.6) is 0 Å². The van der Waals surface area contributed by atoms with E-state index in [1.807, 2.05) is 13.8 Å². The van der Waals surface area contributed by atoms with E-state index in [4.69, 9.17) is 5.84 Å². The van der Waals surface area contributed by atoms with Gasteiger partial charge in [0.25, 0.3) is 0 Å². The minimum Gasteiger partial charge on any atom is -0.308 e. The third-order valence-electron chi connectivity index (χ3n) is 2.12. The van der Waals surface area contributed by atoms with Crippen molar-refractivity contribution in [3.63, 3.8) is 0 Å². The second kappa shape index (κ2) is 5.39. The summed E-state index contributed by atoms with van der Waals surface area (Å²) >= 11 is 2.86. The number of anilines is 1. The minimum absolute atomic E-state index is 0.628. The summed E-state index contributed by atoms with van der Waals surface area (Å²) in [6.45, 7) is 3.95. The Hall–Kier alpha value is -1.25. The Morgan fingerprint density at radius 1 is 1.47 bits per heavy atom. The predicted molar refractivity (Wildman–Crippen MR) is 68.0 cm³/mol. The van der Waals surface area contributed by atoms with Gasteiger partial charge in [0.1, 0.15) is 23.0 Å². The van der Waals surface area contributed by atoms with E-state index in [1.165, 1.54) is 29.6 Å². The molecular weight excluding hydrogens is 256 g/mol. The average Bonchev–Trinajstić information content (AvgIpc) is 2.79. The summed E-state index contributed by atoms with van der Waals surface area (Å²) in [5, 5.41) is 0.840. The molecule has 0 saturated carbocycles. The van der Waals surface area contributed by atoms with Crippen molar-refractivity contribution in [3.05, 3.63) is 17.7 Å². The number of hydrazine groups is 1. The largest absolute Gasteiger partial charge is 0.308 e. The first kappa shape index (κ1) is 12.2. The Balaban J connectivity index is 2.23. The first-order chi connectivity index (χ1) is 8.24. The summed E-state index contributed by atoms with van der Waals surface area (Å²) in [6.07, 6.45) is 2.32. The second-order valence-corrected chi connectivity index (χ2v) is 5.22. The minimum atomic E-state index is 0.628. The summed E-state index contributed by atoms with van der Waals surface area (Å²) in [7, 11) is 0. The average molecular weight is 268 g/mol. The van der Waals surface area contributed by atoms with Gasteiger partial charge >= 0.3 is 0 Å². The van der Waals surface area contributed by atoms with E-state index in [9.17, 15) is 0 Å². The number of nitrogens with one attached hydrogen (secondary N) is 1. The Labute approximate surface area is 107 Å². The van der Waals surface area contributed by atoms with Crippen LogP contribution in [0.3, 0.4) is 0 Å². The van der Waals surface area contributed by atoms with Crippen molar-refractivity contribution in [1.29, 1.82) is 0 Å². The highest BCUT2D eigenvalue weighted by Crippen LogP contribution is 2.31. The van der Waals surface area contributed by atoms with Crippen molar-refractivity contribution in [2.75, 3.05) is 5.43 Å². The monoisotopic (exact) mass is 268 g/mol. The van der Waals surface area contributed by atoms with Gasteiger partial charge in [-0.15, -0.1) is 0 Å². The van der Waals surface area contributed by atoms with E-state index in [2.05, 4.69) is 24.8 Å². The Morgan fingerprint density at radius 2 is 2.29 bits per heavy atom. The maximum Gasteiger partial charge on any atom is 0.176 e. The fourth-order valence-corrected chi connectivity index (χ4v) is 2.85. The first-order valence-electron chi connectivity index (χ1n) is 5.03. The highest BCUT2D eigenvalue weighted by molar-refractivity contribution is 8.00. The van der Waals surface area contributed by atoms with E-state index < -0.39 is 0 Å². The predicted octanol–water partition coefficient (Wildman–Crippen LogP) is 1.64. The zero-order valence-corrected chi connectivity index (χ0v) is 11.1. The molecule has 0 bridgehead atoms. The third-order valence-corrected chi connectivity index (χ3v) is 4.02. The molecule has 6 nitrogen and oxygen atoms in total. The molecule has 2 aromatic rings. The molecule has 2 rings (SSSR count). The molecule has 90 valence electrons. The normalized spacial score (nSPS) is 10.5. The lowest BCUT2D eigenvalue weighted by Crippen LogP contribution is -2.10. The zero-order chi connectivity index (χ0) is 12.3. The van der Waals surface area contributed by atoms with Crippen LogP contribution >= 0.6 is 23.3 Å². The van der Waals surface area contributed by atoms with Crippen molar-refractivity contribution < 1.29 is 0 Å². The third kappa shape index (κ3) is 2.71. The van der Waals surface area contributed by atoms with Gasteiger partial charge in [-0.3, -0.25) is 0 Å². The van der Waals surface area contributed by atoms with Gasteiger partial charge in [-0.1, -0.05) is 6.92 Å². The first-order valence-corrected chi connectivity index (χ1v) is 6.62. The molecule has 0 unspecified atom stereocenters. The molecule has 0 aliphatic heterocycles. The molecule has 8 heteroatoms. The summed E-state index contributed by atoms with van der Waals surface area (Å²) in [5.74, 6) is 6.85. The van der Waals surface area contributed by atoms with Crippen molar-refractivity contribution in [1.82, 2.24) is 19.3 Å². The summed E-state index contributed by atoms with van der Waals surface area (Å²) < 4.78 is 5.11. The summed E-state index contributed by atoms with van der Waals surface area (Å²) in [4.78, 5) is 12.6. The maximum atomic E-state index is 5.36. The number of nitrogens with two attached hydrogens (primary N) is 1. The molecular formula is C9H12N6S2. The van der Waals surface area contributed by atoms with Gasteiger partial charge in [0.15, 0.2) is 4.34 Å². The van der Waals surface area contributed by atoms with E-state index >= 15 is 0 Å². The van der Waals surface area contributed by atoms with Crippen molar-refractivity contribution in [2.24, 2.45) is 5.84 Å². The van der Waals surface area contributed by atoms with Crippen molar-refractivity contribution in [2.45, 2.75) is 29.6 Å². The quantitative estimate of drug-likeness (QED) is 0.495. The van der Waals surface area contributed by atoms with Crippen LogP contribution in [0.4, 0.5) is 5.82 Å². The van der Waals surface area contributed by atoms with Gasteiger partial charge in [0, 0.05) is 12.0 Å². The van der Waals surface area contributed by atoms with Crippen LogP contribution in [-0.2, 0) is 6.42 Å². The Bertz CT molecular complexity index is 512. The summed E-state index contributed by atoms with van der Waals surface area (Å²) in [6, 6.07) is 0. The number of hydrogen-bond donors (Lipinski definition) is 2. The van der Waals surface area contributed by atoms with Crippen molar-refractivity contribution in [3.8, 4) is 0 Å². The fraction of sp³-hybridized carbons (Fsp3) is 0.333. The molecule has 0 saturated heterocycles. The highest BCUT2D eigenvalue weighted by Gasteiger charge is 2.10. The maximum absolute atomic E-state index is 5.36. The van der Waals surface area contributed by atoms with E-state index in [-0.39, 0.29) is 0 Å². The van der Waals surface area contributed by atoms with Gasteiger partial charge in [-0.05, 0) is 30.2 Å². The van der Waals surface area contributed by atoms with Crippen LogP contribution in [0.15, 0.2) is 15.7 Å². The fourth-order valence-electron chi connectivity index (χ4n) is 1.19. The molecule has 2 aromatic heterocycles. The molecule has 3 N–H and O–H groups in total. The van der Waals surface area contributed by atoms with Crippen LogP contribution < -0.4 is 11.3 Å². The Morgan fingerprint density at radius 3 is 2.94 bits per heavy atom. The molecule has 0 aliphatic rings. The number of nitrogens with zero attached hydrogens (tertiary/aromatic N) is 4. The Kier molecular flexibility index (Phi) is 3.87. The molecule has 0 aliphatic carbocycles. The van der Waals surface area contributed by atoms with Crippen LogP contribution in [0.25, 0.3) is 0 Å². The SMILES string of the molecule is CCc1nsc(Sc2ncnc(NN)c2C)n1. The van der Waals surface area contributed by atoms with E-state index in [1.54, 1.807) is 0 Å². The van der Waals surface area contributed by atoms with Gasteiger partial charge in [0.05, 0.1) is 0 Å². The lowest BCUT2D eigenvalue weighted by Gasteiger charge is -2.05. The van der Waals surface area contributed by atoms with Crippen LogP contribution in [0, 0.1) is 6.92 Å². The molecule has 0 fully saturated rings. The van der Waals surface area contributed by atoms with Crippen LogP contribution in [-0.4, -0.2) is 19.3 Å². The van der Waals surface area contributed by atoms with Gasteiger partial charge in [-0.25, -0.2) is 20.8 Å². The van der Waals surface area contributed by atoms with Crippen LogP contribution in [0.1, 0.15) is 18.3 Å². The van der Waals surface area contributed by atoms with E-state index in [0.29, 0.717) is 5.82 Å². The van der Waals surface area contributed by atoms with E-state index in [0.717, 1.165) is 27.2 Å². The zero-order valence-electron chi connectivity index (χ0n) is 9.47. The molecule has 0 atom stereocenters. The van der Waals surface area contributed by atoms with Gasteiger partial charge in [0.2, 0.25) is 0 Å². The standard InChI is InChI=1S/C9H12N6S2/c1-3-6-13-9(17-15-6)16-8-5(2)7(14-10)11-4-12-8/h4H,3,10H2,1-2H3,(H,11,12,14). The number of nitrogen functional groups attached to an aromatic ring is 1. The molecule has 0 spiro atoms. The number of hydrogen-bond acceptors (Lipinski definition) is 8. The van der Waals surface area contributed by atoms with Crippen LogP contribution in [0.2, 0.25) is 0 Å².